The predicted octanol–water partition coefficient (Wildman–Crippen LogP) is 2.12. The number of anilines is 1. The molecule has 1 atom stereocenters. The third-order valence-corrected chi connectivity index (χ3v) is 6.65. The number of hydrogen-bond donors (Lipinski definition) is 1. The highest BCUT2D eigenvalue weighted by Crippen LogP contribution is 2.36. The van der Waals surface area contributed by atoms with Crippen LogP contribution in [0.1, 0.15) is 12.8 Å². The topological polar surface area (TPSA) is 89.7 Å². The minimum atomic E-state index is -3.88. The first-order chi connectivity index (χ1) is 9.78. The maximum Gasteiger partial charge on any atom is 0.324 e. The molecule has 0 saturated carbocycles. The molecule has 6 nitrogen and oxygen atoms in total. The zero-order chi connectivity index (χ0) is 15.8. The minimum Gasteiger partial charge on any atom is -0.468 e. The number of nitrogens with two attached hydrogens (primary N) is 1. The van der Waals surface area contributed by atoms with Crippen molar-refractivity contribution in [3.63, 3.8) is 0 Å². The molecule has 0 radical (unpaired) electrons. The molecule has 116 valence electrons. The summed E-state index contributed by atoms with van der Waals surface area (Å²) < 4.78 is 32.5. The zero-order valence-corrected chi connectivity index (χ0v) is 15.2. The Balaban J connectivity index is 2.50. The molecule has 1 aromatic rings. The van der Waals surface area contributed by atoms with Crippen LogP contribution in [-0.2, 0) is 19.6 Å². The van der Waals surface area contributed by atoms with Gasteiger partial charge < -0.3 is 10.5 Å². The van der Waals surface area contributed by atoms with Gasteiger partial charge in [0.25, 0.3) is 0 Å². The number of carbonyl (C=O) groups excluding carboxylic acids is 1. The molecule has 1 aromatic carbocycles. The molecular formula is C12H14Br2N2O4S. The second kappa shape index (κ2) is 6.23. The molecule has 0 aliphatic carbocycles. The van der Waals surface area contributed by atoms with Gasteiger partial charge in [-0.1, -0.05) is 15.9 Å². The van der Waals surface area contributed by atoms with Gasteiger partial charge in [0.1, 0.15) is 10.9 Å². The fraction of sp³-hybridized carbons (Fsp3) is 0.417. The summed E-state index contributed by atoms with van der Waals surface area (Å²) in [5.41, 5.74) is 5.97. The Morgan fingerprint density at radius 1 is 1.43 bits per heavy atom. The molecule has 1 aliphatic heterocycles. The molecule has 1 unspecified atom stereocenters. The van der Waals surface area contributed by atoms with Crippen molar-refractivity contribution < 1.29 is 17.9 Å². The number of methoxy groups -OCH3 is 1. The van der Waals surface area contributed by atoms with Crippen molar-refractivity contribution >= 4 is 53.5 Å². The second-order valence-electron chi connectivity index (χ2n) is 4.60. The van der Waals surface area contributed by atoms with Gasteiger partial charge in [0.2, 0.25) is 10.0 Å². The van der Waals surface area contributed by atoms with Gasteiger partial charge >= 0.3 is 5.97 Å². The van der Waals surface area contributed by atoms with Crippen molar-refractivity contribution in [3.8, 4) is 0 Å². The molecule has 9 heteroatoms. The summed E-state index contributed by atoms with van der Waals surface area (Å²) in [6, 6.07) is 2.32. The van der Waals surface area contributed by atoms with Crippen molar-refractivity contribution in [2.75, 3.05) is 19.4 Å². The lowest BCUT2D eigenvalue weighted by Gasteiger charge is -2.23. The van der Waals surface area contributed by atoms with E-state index in [0.29, 0.717) is 21.8 Å². The van der Waals surface area contributed by atoms with Gasteiger partial charge in [0, 0.05) is 15.5 Å². The Morgan fingerprint density at radius 3 is 2.67 bits per heavy atom. The van der Waals surface area contributed by atoms with Crippen LogP contribution in [0.3, 0.4) is 0 Å². The molecule has 21 heavy (non-hydrogen) atoms. The third-order valence-electron chi connectivity index (χ3n) is 3.28. The summed E-state index contributed by atoms with van der Waals surface area (Å²) in [4.78, 5) is 11.7. The summed E-state index contributed by atoms with van der Waals surface area (Å²) in [6.45, 7) is 0.268. The smallest absolute Gasteiger partial charge is 0.324 e. The fourth-order valence-corrected chi connectivity index (χ4v) is 6.03. The fourth-order valence-electron chi connectivity index (χ4n) is 2.37. The van der Waals surface area contributed by atoms with E-state index in [0.717, 1.165) is 4.31 Å². The van der Waals surface area contributed by atoms with Gasteiger partial charge in [-0.3, -0.25) is 4.79 Å². The Morgan fingerprint density at radius 2 is 2.10 bits per heavy atom. The van der Waals surface area contributed by atoms with Gasteiger partial charge in [-0.05, 0) is 40.9 Å². The predicted molar refractivity (Wildman–Crippen MR) is 85.2 cm³/mol. The summed E-state index contributed by atoms with van der Waals surface area (Å²) in [5, 5.41) is 0. The highest BCUT2D eigenvalue weighted by molar-refractivity contribution is 9.11. The van der Waals surface area contributed by atoms with Gasteiger partial charge in [-0.25, -0.2) is 8.42 Å². The van der Waals surface area contributed by atoms with Crippen LogP contribution in [0.4, 0.5) is 5.69 Å². The first kappa shape index (κ1) is 16.7. The van der Waals surface area contributed by atoms with Crippen LogP contribution in [0.25, 0.3) is 0 Å². The Kier molecular flexibility index (Phi) is 4.96. The number of carbonyl (C=O) groups is 1. The summed E-state index contributed by atoms with van der Waals surface area (Å²) in [6.07, 6.45) is 1.05. The second-order valence-corrected chi connectivity index (χ2v) is 8.20. The minimum absolute atomic E-state index is 0.0264. The highest BCUT2D eigenvalue weighted by Gasteiger charge is 2.41. The van der Waals surface area contributed by atoms with E-state index < -0.39 is 22.0 Å². The number of sulfonamides is 1. The molecule has 0 bridgehead atoms. The van der Waals surface area contributed by atoms with E-state index in [9.17, 15) is 13.2 Å². The van der Waals surface area contributed by atoms with Crippen molar-refractivity contribution in [3.05, 3.63) is 21.1 Å². The largest absolute Gasteiger partial charge is 0.468 e. The van der Waals surface area contributed by atoms with Gasteiger partial charge in [0.05, 0.1) is 12.8 Å². The third kappa shape index (κ3) is 3.10. The molecule has 0 aromatic heterocycles. The van der Waals surface area contributed by atoms with E-state index in [1.54, 1.807) is 6.07 Å². The van der Waals surface area contributed by atoms with Crippen LogP contribution in [-0.4, -0.2) is 38.4 Å². The zero-order valence-electron chi connectivity index (χ0n) is 11.2. The van der Waals surface area contributed by atoms with Crippen LogP contribution in [0.2, 0.25) is 0 Å². The van der Waals surface area contributed by atoms with E-state index in [-0.39, 0.29) is 17.1 Å². The quantitative estimate of drug-likeness (QED) is 0.573. The van der Waals surface area contributed by atoms with Crippen LogP contribution in [0.15, 0.2) is 26.0 Å². The molecule has 0 amide bonds. The number of esters is 1. The molecule has 1 fully saturated rings. The lowest BCUT2D eigenvalue weighted by atomic mass is 10.2. The molecule has 1 heterocycles. The van der Waals surface area contributed by atoms with E-state index in [4.69, 9.17) is 5.73 Å². The van der Waals surface area contributed by atoms with Crippen molar-refractivity contribution in [1.82, 2.24) is 4.31 Å². The molecule has 1 aliphatic rings. The van der Waals surface area contributed by atoms with E-state index >= 15 is 0 Å². The van der Waals surface area contributed by atoms with Crippen LogP contribution < -0.4 is 5.73 Å². The van der Waals surface area contributed by atoms with E-state index in [2.05, 4.69) is 36.6 Å². The summed E-state index contributed by atoms with van der Waals surface area (Å²) >= 11 is 6.47. The van der Waals surface area contributed by atoms with E-state index in [1.807, 2.05) is 0 Å². The first-order valence-electron chi connectivity index (χ1n) is 6.13. The van der Waals surface area contributed by atoms with Crippen LogP contribution in [0, 0.1) is 0 Å². The van der Waals surface area contributed by atoms with Crippen molar-refractivity contribution in [1.29, 1.82) is 0 Å². The van der Waals surface area contributed by atoms with Crippen LogP contribution >= 0.6 is 31.9 Å². The molecular weight excluding hydrogens is 428 g/mol. The van der Waals surface area contributed by atoms with Crippen LogP contribution in [0.5, 0.6) is 0 Å². The molecule has 1 saturated heterocycles. The number of nitrogens with zero attached hydrogens (tertiary/aromatic N) is 1. The molecule has 2 rings (SSSR count). The number of rotatable bonds is 3. The average Bonchev–Trinajstić information content (AvgIpc) is 2.86. The number of halogens is 2. The number of benzene rings is 1. The average molecular weight is 442 g/mol. The van der Waals surface area contributed by atoms with Crippen molar-refractivity contribution in [2.24, 2.45) is 0 Å². The van der Waals surface area contributed by atoms with Gasteiger partial charge in [-0.15, -0.1) is 0 Å². The highest BCUT2D eigenvalue weighted by atomic mass is 79.9. The molecule has 0 spiro atoms. The maximum atomic E-state index is 12.8. The Hall–Kier alpha value is -0.640. The first-order valence-corrected chi connectivity index (χ1v) is 9.16. The maximum absolute atomic E-state index is 12.8. The Labute approximate surface area is 139 Å². The summed E-state index contributed by atoms with van der Waals surface area (Å²) in [7, 11) is -2.64. The number of hydrogen-bond acceptors (Lipinski definition) is 5. The standard InChI is InChI=1S/C12H14Br2N2O4S/c1-20-12(17)10-3-2-4-16(10)21(18,19)11-8(14)5-7(13)6-9(11)15/h5-6,10H,2-4,15H2,1H3. The van der Waals surface area contributed by atoms with Gasteiger partial charge in [0.15, 0.2) is 0 Å². The Bertz CT molecular complexity index is 655. The normalized spacial score (nSPS) is 19.7. The van der Waals surface area contributed by atoms with Crippen molar-refractivity contribution in [2.45, 2.75) is 23.8 Å². The number of ether oxygens (including phenoxy) is 1. The molecule has 2 N–H and O–H groups in total. The lowest BCUT2D eigenvalue weighted by Crippen LogP contribution is -2.41. The lowest BCUT2D eigenvalue weighted by molar-refractivity contribution is -0.144. The monoisotopic (exact) mass is 440 g/mol. The van der Waals surface area contributed by atoms with Gasteiger partial charge in [-0.2, -0.15) is 4.31 Å². The SMILES string of the molecule is COC(=O)C1CCCN1S(=O)(=O)c1c(N)cc(Br)cc1Br. The number of nitrogen functional groups attached to an aromatic ring is 1. The van der Waals surface area contributed by atoms with E-state index in [1.165, 1.54) is 13.2 Å². The summed E-state index contributed by atoms with van der Waals surface area (Å²) in [5.74, 6) is -0.553.